The molecule has 0 aromatic heterocycles. The van der Waals surface area contributed by atoms with Crippen LogP contribution in [0.25, 0.3) is 5.57 Å². The Labute approximate surface area is 124 Å². The van der Waals surface area contributed by atoms with Crippen molar-refractivity contribution in [1.29, 1.82) is 0 Å². The molecule has 0 amide bonds. The summed E-state index contributed by atoms with van der Waals surface area (Å²) in [5, 5.41) is 0. The maximum Gasteiger partial charge on any atom is 0.148 e. The van der Waals surface area contributed by atoms with Crippen molar-refractivity contribution in [2.45, 2.75) is 13.8 Å². The molecule has 0 bridgehead atoms. The van der Waals surface area contributed by atoms with Crippen LogP contribution in [0.1, 0.15) is 16.7 Å². The first-order chi connectivity index (χ1) is 9.70. The fourth-order valence-corrected chi connectivity index (χ4v) is 3.43. The van der Waals surface area contributed by atoms with E-state index >= 15 is 0 Å². The molecule has 4 heteroatoms. The lowest BCUT2D eigenvalue weighted by molar-refractivity contribution is 0.414. The summed E-state index contributed by atoms with van der Waals surface area (Å²) in [5.74, 6) is 3.02. The van der Waals surface area contributed by atoms with Crippen molar-refractivity contribution in [3.63, 3.8) is 0 Å². The highest BCUT2D eigenvalue weighted by atomic mass is 32.2. The Bertz CT molecular complexity index is 608. The number of allylic oxidation sites excluding steroid dienone is 2. The third kappa shape index (κ3) is 2.24. The second kappa shape index (κ2) is 5.37. The summed E-state index contributed by atoms with van der Waals surface area (Å²) >= 11 is 1.65. The zero-order chi connectivity index (χ0) is 14.1. The molecule has 104 valence electrons. The summed E-state index contributed by atoms with van der Waals surface area (Å²) in [6.07, 6.45) is 6.37. The van der Waals surface area contributed by atoms with E-state index < -0.39 is 0 Å². The van der Waals surface area contributed by atoms with Crippen LogP contribution in [-0.2, 0) is 0 Å². The molecule has 1 aromatic rings. The Morgan fingerprint density at radius 3 is 2.70 bits per heavy atom. The molecule has 2 aliphatic heterocycles. The minimum atomic E-state index is 0.910. The molecule has 0 saturated carbocycles. The molecule has 2 heterocycles. The van der Waals surface area contributed by atoms with Gasteiger partial charge in [-0.25, -0.2) is 0 Å². The van der Waals surface area contributed by atoms with Gasteiger partial charge in [-0.1, -0.05) is 0 Å². The van der Waals surface area contributed by atoms with Gasteiger partial charge in [0.2, 0.25) is 0 Å². The number of rotatable bonds is 2. The Hall–Kier alpha value is -1.68. The van der Waals surface area contributed by atoms with Crippen molar-refractivity contribution in [2.75, 3.05) is 19.4 Å². The van der Waals surface area contributed by atoms with Crippen LogP contribution in [0, 0.1) is 13.8 Å². The van der Waals surface area contributed by atoms with Gasteiger partial charge in [-0.2, -0.15) is 4.40 Å². The lowest BCUT2D eigenvalue weighted by atomic mass is 9.93. The SMILES string of the molecule is COc1cc(C)c(C2=CC=CN3CCSN=C23)c(C)c1. The second-order valence-corrected chi connectivity index (χ2v) is 5.85. The van der Waals surface area contributed by atoms with E-state index in [2.05, 4.69) is 53.6 Å². The fourth-order valence-electron chi connectivity index (χ4n) is 2.73. The molecule has 20 heavy (non-hydrogen) atoms. The standard InChI is InChI=1S/C16H18N2OS/c1-11-9-13(19-3)10-12(2)15(11)14-5-4-6-18-7-8-20-17-16(14)18/h4-6,9-10H,7-8H2,1-3H3. The molecule has 0 saturated heterocycles. The fraction of sp³-hybridized carbons (Fsp3) is 0.312. The predicted molar refractivity (Wildman–Crippen MR) is 86.2 cm³/mol. The number of nitrogens with zero attached hydrogens (tertiary/aromatic N) is 2. The lowest BCUT2D eigenvalue weighted by Crippen LogP contribution is -2.33. The van der Waals surface area contributed by atoms with E-state index in [9.17, 15) is 0 Å². The molecule has 1 aromatic carbocycles. The minimum absolute atomic E-state index is 0.910. The smallest absolute Gasteiger partial charge is 0.148 e. The third-order valence-electron chi connectivity index (χ3n) is 3.63. The van der Waals surface area contributed by atoms with Crippen molar-refractivity contribution in [2.24, 2.45) is 4.40 Å². The molecule has 0 radical (unpaired) electrons. The molecule has 0 atom stereocenters. The average Bonchev–Trinajstić information content (AvgIpc) is 2.46. The summed E-state index contributed by atoms with van der Waals surface area (Å²) < 4.78 is 9.99. The normalized spacial score (nSPS) is 17.4. The second-order valence-electron chi connectivity index (χ2n) is 5.00. The van der Waals surface area contributed by atoms with Gasteiger partial charge in [-0.3, -0.25) is 0 Å². The van der Waals surface area contributed by atoms with Crippen LogP contribution in [0.3, 0.4) is 0 Å². The van der Waals surface area contributed by atoms with Crippen molar-refractivity contribution >= 4 is 23.4 Å². The van der Waals surface area contributed by atoms with Crippen molar-refractivity contribution in [3.05, 3.63) is 47.2 Å². The maximum absolute atomic E-state index is 5.35. The van der Waals surface area contributed by atoms with Gasteiger partial charge in [0.05, 0.1) is 7.11 Å². The Morgan fingerprint density at radius 1 is 1.25 bits per heavy atom. The summed E-state index contributed by atoms with van der Waals surface area (Å²) in [5.41, 5.74) is 4.92. The summed E-state index contributed by atoms with van der Waals surface area (Å²) in [6.45, 7) is 5.28. The number of benzene rings is 1. The molecular weight excluding hydrogens is 268 g/mol. The van der Waals surface area contributed by atoms with Gasteiger partial charge >= 0.3 is 0 Å². The van der Waals surface area contributed by atoms with Gasteiger partial charge in [-0.05, 0) is 66.8 Å². The van der Waals surface area contributed by atoms with Crippen molar-refractivity contribution < 1.29 is 4.74 Å². The van der Waals surface area contributed by atoms with Crippen LogP contribution in [0.2, 0.25) is 0 Å². The highest BCUT2D eigenvalue weighted by molar-refractivity contribution is 7.98. The van der Waals surface area contributed by atoms with Gasteiger partial charge in [0.1, 0.15) is 11.6 Å². The summed E-state index contributed by atoms with van der Waals surface area (Å²) in [6, 6.07) is 4.17. The van der Waals surface area contributed by atoms with Gasteiger partial charge in [0, 0.05) is 24.1 Å². The molecule has 0 aliphatic carbocycles. The minimum Gasteiger partial charge on any atom is -0.497 e. The van der Waals surface area contributed by atoms with Crippen LogP contribution in [0.5, 0.6) is 5.75 Å². The highest BCUT2D eigenvalue weighted by Gasteiger charge is 2.23. The molecule has 0 fully saturated rings. The topological polar surface area (TPSA) is 24.8 Å². The van der Waals surface area contributed by atoms with E-state index in [0.29, 0.717) is 0 Å². The first-order valence-electron chi connectivity index (χ1n) is 6.72. The number of hydrogen-bond acceptors (Lipinski definition) is 4. The Morgan fingerprint density at radius 2 is 2.00 bits per heavy atom. The quantitative estimate of drug-likeness (QED) is 0.777. The zero-order valence-electron chi connectivity index (χ0n) is 12.0. The number of aryl methyl sites for hydroxylation is 2. The predicted octanol–water partition coefficient (Wildman–Crippen LogP) is 3.59. The number of ether oxygens (including phenoxy) is 1. The van der Waals surface area contributed by atoms with Gasteiger partial charge in [0.25, 0.3) is 0 Å². The number of methoxy groups -OCH3 is 1. The van der Waals surface area contributed by atoms with Crippen LogP contribution in [0.15, 0.2) is 34.9 Å². The molecule has 0 spiro atoms. The molecular formula is C16H18N2OS. The largest absolute Gasteiger partial charge is 0.497 e. The van der Waals surface area contributed by atoms with E-state index in [1.165, 1.54) is 22.3 Å². The van der Waals surface area contributed by atoms with Crippen molar-refractivity contribution in [3.8, 4) is 5.75 Å². The van der Waals surface area contributed by atoms with E-state index in [4.69, 9.17) is 4.74 Å². The van der Waals surface area contributed by atoms with Crippen molar-refractivity contribution in [1.82, 2.24) is 4.90 Å². The van der Waals surface area contributed by atoms with Gasteiger partial charge in [0.15, 0.2) is 0 Å². The van der Waals surface area contributed by atoms with Gasteiger partial charge in [-0.15, -0.1) is 0 Å². The Kier molecular flexibility index (Phi) is 3.57. The molecule has 3 rings (SSSR count). The summed E-state index contributed by atoms with van der Waals surface area (Å²) in [7, 11) is 1.71. The van der Waals surface area contributed by atoms with E-state index in [1.807, 2.05) is 0 Å². The van der Waals surface area contributed by atoms with E-state index in [0.717, 1.165) is 23.9 Å². The molecule has 0 N–H and O–H groups in total. The number of hydrogen-bond donors (Lipinski definition) is 0. The lowest BCUT2D eigenvalue weighted by Gasteiger charge is -2.30. The van der Waals surface area contributed by atoms with Gasteiger partial charge < -0.3 is 9.64 Å². The number of amidine groups is 1. The average molecular weight is 286 g/mol. The highest BCUT2D eigenvalue weighted by Crippen LogP contribution is 2.33. The van der Waals surface area contributed by atoms with E-state index in [1.54, 1.807) is 19.1 Å². The monoisotopic (exact) mass is 286 g/mol. The molecule has 0 unspecified atom stereocenters. The maximum atomic E-state index is 5.35. The van der Waals surface area contributed by atoms with Crippen LogP contribution >= 0.6 is 11.9 Å². The number of fused-ring (bicyclic) bond motifs is 1. The van der Waals surface area contributed by atoms with Crippen LogP contribution < -0.4 is 4.74 Å². The van der Waals surface area contributed by atoms with Crippen LogP contribution in [0.4, 0.5) is 0 Å². The molecule has 2 aliphatic rings. The first-order valence-corrected chi connectivity index (χ1v) is 7.66. The zero-order valence-corrected chi connectivity index (χ0v) is 12.8. The van der Waals surface area contributed by atoms with E-state index in [-0.39, 0.29) is 0 Å². The third-order valence-corrected chi connectivity index (χ3v) is 4.29. The molecule has 3 nitrogen and oxygen atoms in total. The summed E-state index contributed by atoms with van der Waals surface area (Å²) in [4.78, 5) is 2.23. The Balaban J connectivity index is 2.11. The first kappa shape index (κ1) is 13.3. The van der Waals surface area contributed by atoms with Crippen LogP contribution in [-0.4, -0.2) is 30.1 Å².